The lowest BCUT2D eigenvalue weighted by Crippen LogP contribution is -2.34. The van der Waals surface area contributed by atoms with Crippen molar-refractivity contribution in [3.63, 3.8) is 0 Å². The molecule has 2 aliphatic rings. The summed E-state index contributed by atoms with van der Waals surface area (Å²) < 4.78 is 5.61. The third kappa shape index (κ3) is 4.22. The minimum atomic E-state index is -0.368. The van der Waals surface area contributed by atoms with E-state index in [1.54, 1.807) is 0 Å². The average molecular weight is 255 g/mol. The second-order valence-electron chi connectivity index (χ2n) is 6.52. The van der Waals surface area contributed by atoms with Crippen LogP contribution < -0.4 is 5.32 Å². The minimum absolute atomic E-state index is 0.368. The van der Waals surface area contributed by atoms with Crippen molar-refractivity contribution in [2.24, 2.45) is 17.8 Å². The molecule has 2 N–H and O–H groups in total. The topological polar surface area (TPSA) is 41.5 Å². The molecule has 106 valence electrons. The van der Waals surface area contributed by atoms with Gasteiger partial charge in [-0.1, -0.05) is 20.3 Å². The lowest BCUT2D eigenvalue weighted by atomic mass is 9.87. The highest BCUT2D eigenvalue weighted by atomic mass is 16.5. The van der Waals surface area contributed by atoms with Crippen LogP contribution in [0.3, 0.4) is 0 Å². The van der Waals surface area contributed by atoms with Gasteiger partial charge < -0.3 is 15.2 Å². The van der Waals surface area contributed by atoms with Crippen LogP contribution in [0.4, 0.5) is 0 Å². The first-order valence-electron chi connectivity index (χ1n) is 7.64. The third-order valence-electron chi connectivity index (χ3n) is 4.59. The van der Waals surface area contributed by atoms with E-state index in [1.165, 1.54) is 32.1 Å². The molecule has 0 aromatic carbocycles. The summed E-state index contributed by atoms with van der Waals surface area (Å²) in [6.45, 7) is 6.10. The molecule has 2 bridgehead atoms. The van der Waals surface area contributed by atoms with Gasteiger partial charge in [0.2, 0.25) is 0 Å². The van der Waals surface area contributed by atoms with E-state index in [2.05, 4.69) is 19.2 Å². The quantitative estimate of drug-likeness (QED) is 0.653. The predicted octanol–water partition coefficient (Wildman–Crippen LogP) is 2.19. The van der Waals surface area contributed by atoms with Crippen molar-refractivity contribution in [1.82, 2.24) is 5.32 Å². The fraction of sp³-hybridized carbons (Fsp3) is 1.00. The lowest BCUT2D eigenvalue weighted by Gasteiger charge is -2.21. The second-order valence-corrected chi connectivity index (χ2v) is 6.52. The van der Waals surface area contributed by atoms with Gasteiger partial charge in [0, 0.05) is 19.2 Å². The van der Waals surface area contributed by atoms with Gasteiger partial charge in [0.15, 0.2) is 0 Å². The summed E-state index contributed by atoms with van der Waals surface area (Å²) in [4.78, 5) is 0. The molecule has 0 radical (unpaired) electrons. The SMILES string of the molecule is CC(C)NC[C@@H](O)COCC[C@H]1C[C@H]2CC[C@H]1C2. The van der Waals surface area contributed by atoms with Gasteiger partial charge in [-0.05, 0) is 43.4 Å². The standard InChI is InChI=1S/C15H29NO2/c1-11(2)16-9-15(17)10-18-6-5-14-8-12-3-4-13(14)7-12/h11-17H,3-10H2,1-2H3/t12-,13-,14-,15+/m0/s1. The van der Waals surface area contributed by atoms with Gasteiger partial charge in [0.25, 0.3) is 0 Å². The summed E-state index contributed by atoms with van der Waals surface area (Å²) in [6, 6.07) is 0.425. The first-order valence-corrected chi connectivity index (χ1v) is 7.64. The van der Waals surface area contributed by atoms with E-state index in [-0.39, 0.29) is 6.10 Å². The van der Waals surface area contributed by atoms with E-state index in [4.69, 9.17) is 4.74 Å². The molecule has 18 heavy (non-hydrogen) atoms. The number of hydrogen-bond donors (Lipinski definition) is 2. The Bertz CT molecular complexity index is 245. The highest BCUT2D eigenvalue weighted by Crippen LogP contribution is 2.49. The highest BCUT2D eigenvalue weighted by Gasteiger charge is 2.38. The maximum absolute atomic E-state index is 9.71. The number of fused-ring (bicyclic) bond motifs is 2. The average Bonchev–Trinajstić information content (AvgIpc) is 2.94. The Kier molecular flexibility index (Phi) is 5.46. The summed E-state index contributed by atoms with van der Waals surface area (Å²) in [5.41, 5.74) is 0. The van der Waals surface area contributed by atoms with Crippen molar-refractivity contribution < 1.29 is 9.84 Å². The molecular formula is C15H29NO2. The lowest BCUT2D eigenvalue weighted by molar-refractivity contribution is 0.0283. The molecule has 3 nitrogen and oxygen atoms in total. The van der Waals surface area contributed by atoms with Crippen LogP contribution in [-0.2, 0) is 4.74 Å². The fourth-order valence-electron chi connectivity index (χ4n) is 3.61. The molecule has 0 aromatic heterocycles. The van der Waals surface area contributed by atoms with Crippen molar-refractivity contribution >= 4 is 0 Å². The summed E-state index contributed by atoms with van der Waals surface area (Å²) in [7, 11) is 0. The largest absolute Gasteiger partial charge is 0.389 e. The monoisotopic (exact) mass is 255 g/mol. The Hall–Kier alpha value is -0.120. The Morgan fingerprint density at radius 3 is 2.72 bits per heavy atom. The molecule has 3 heteroatoms. The zero-order valence-corrected chi connectivity index (χ0v) is 11.9. The van der Waals surface area contributed by atoms with E-state index < -0.39 is 0 Å². The molecule has 0 heterocycles. The predicted molar refractivity (Wildman–Crippen MR) is 73.5 cm³/mol. The first kappa shape index (κ1) is 14.3. The molecule has 0 aromatic rings. The maximum atomic E-state index is 9.71. The molecule has 0 saturated heterocycles. The highest BCUT2D eigenvalue weighted by molar-refractivity contribution is 4.89. The van der Waals surface area contributed by atoms with Gasteiger partial charge in [0.1, 0.15) is 0 Å². The normalized spacial score (nSPS) is 32.3. The van der Waals surface area contributed by atoms with Gasteiger partial charge in [-0.25, -0.2) is 0 Å². The van der Waals surface area contributed by atoms with E-state index >= 15 is 0 Å². The van der Waals surface area contributed by atoms with E-state index in [0.717, 1.165) is 24.4 Å². The Balaban J connectivity index is 1.48. The van der Waals surface area contributed by atoms with Crippen LogP contribution in [0.2, 0.25) is 0 Å². The molecule has 0 amide bonds. The maximum Gasteiger partial charge on any atom is 0.0897 e. The van der Waals surface area contributed by atoms with Gasteiger partial charge >= 0.3 is 0 Å². The van der Waals surface area contributed by atoms with Crippen molar-refractivity contribution in [3.8, 4) is 0 Å². The number of nitrogens with one attached hydrogen (secondary N) is 1. The molecule has 2 aliphatic carbocycles. The Labute approximate surface area is 111 Å². The Morgan fingerprint density at radius 1 is 1.28 bits per heavy atom. The van der Waals surface area contributed by atoms with E-state index in [9.17, 15) is 5.11 Å². The number of aliphatic hydroxyl groups is 1. The summed E-state index contributed by atoms with van der Waals surface area (Å²) in [6.07, 6.45) is 6.67. The molecule has 0 unspecified atom stereocenters. The number of hydrogen-bond acceptors (Lipinski definition) is 3. The molecule has 0 aliphatic heterocycles. The summed E-state index contributed by atoms with van der Waals surface area (Å²) in [5, 5.41) is 12.9. The molecular weight excluding hydrogens is 226 g/mol. The Morgan fingerprint density at radius 2 is 2.11 bits per heavy atom. The number of ether oxygens (including phenoxy) is 1. The van der Waals surface area contributed by atoms with Crippen LogP contribution in [-0.4, -0.2) is 37.0 Å². The number of aliphatic hydroxyl groups excluding tert-OH is 1. The van der Waals surface area contributed by atoms with Gasteiger partial charge in [-0.15, -0.1) is 0 Å². The van der Waals surface area contributed by atoms with Crippen LogP contribution >= 0.6 is 0 Å². The van der Waals surface area contributed by atoms with Crippen LogP contribution in [0, 0.1) is 17.8 Å². The van der Waals surface area contributed by atoms with Crippen LogP contribution in [0.1, 0.15) is 46.0 Å². The van der Waals surface area contributed by atoms with Crippen molar-refractivity contribution in [2.75, 3.05) is 19.8 Å². The van der Waals surface area contributed by atoms with Gasteiger partial charge in [-0.3, -0.25) is 0 Å². The van der Waals surface area contributed by atoms with Crippen LogP contribution in [0.15, 0.2) is 0 Å². The second kappa shape index (κ2) is 6.88. The van der Waals surface area contributed by atoms with Gasteiger partial charge in [-0.2, -0.15) is 0 Å². The van der Waals surface area contributed by atoms with Crippen molar-refractivity contribution in [3.05, 3.63) is 0 Å². The zero-order valence-electron chi connectivity index (χ0n) is 11.9. The third-order valence-corrected chi connectivity index (χ3v) is 4.59. The molecule has 2 saturated carbocycles. The zero-order chi connectivity index (χ0) is 13.0. The van der Waals surface area contributed by atoms with Crippen LogP contribution in [0.5, 0.6) is 0 Å². The van der Waals surface area contributed by atoms with Crippen LogP contribution in [0.25, 0.3) is 0 Å². The summed E-state index contributed by atoms with van der Waals surface area (Å²) >= 11 is 0. The first-order chi connectivity index (χ1) is 8.65. The number of rotatable bonds is 8. The van der Waals surface area contributed by atoms with Gasteiger partial charge in [0.05, 0.1) is 12.7 Å². The smallest absolute Gasteiger partial charge is 0.0897 e. The van der Waals surface area contributed by atoms with E-state index in [1.807, 2.05) is 0 Å². The fourth-order valence-corrected chi connectivity index (χ4v) is 3.61. The van der Waals surface area contributed by atoms with Crippen molar-refractivity contribution in [1.29, 1.82) is 0 Å². The minimum Gasteiger partial charge on any atom is -0.389 e. The van der Waals surface area contributed by atoms with E-state index in [0.29, 0.717) is 19.2 Å². The molecule has 2 rings (SSSR count). The summed E-state index contributed by atoms with van der Waals surface area (Å²) in [5.74, 6) is 2.93. The van der Waals surface area contributed by atoms with Crippen molar-refractivity contribution in [2.45, 2.75) is 58.1 Å². The molecule has 2 fully saturated rings. The molecule has 0 spiro atoms. The molecule has 4 atom stereocenters.